The molecule has 2 heterocycles. The average molecular weight is 448 g/mol. The van der Waals surface area contributed by atoms with Gasteiger partial charge < -0.3 is 19.2 Å². The molecule has 32 heavy (non-hydrogen) atoms. The maximum absolute atomic E-state index is 13.5. The van der Waals surface area contributed by atoms with Gasteiger partial charge in [-0.15, -0.1) is 0 Å². The Hall–Kier alpha value is -3.77. The summed E-state index contributed by atoms with van der Waals surface area (Å²) in [7, 11) is 1.44. The van der Waals surface area contributed by atoms with Crippen molar-refractivity contribution in [2.45, 2.75) is 12.6 Å². The highest BCUT2D eigenvalue weighted by atomic mass is 35.5. The zero-order valence-electron chi connectivity index (χ0n) is 17.0. The van der Waals surface area contributed by atoms with E-state index in [2.05, 4.69) is 0 Å². The molecular formula is C25H18ClNO5. The molecule has 160 valence electrons. The topological polar surface area (TPSA) is 80.0 Å². The minimum absolute atomic E-state index is 0.0118. The molecule has 7 heteroatoms. The number of hydrogen-bond donors (Lipinski definition) is 1. The third-order valence-electron chi connectivity index (χ3n) is 5.64. The normalized spacial score (nSPS) is 15.2. The fourth-order valence-corrected chi connectivity index (χ4v) is 4.32. The number of carbonyl (C=O) groups is 1. The zero-order valence-corrected chi connectivity index (χ0v) is 17.8. The molecule has 0 aliphatic carbocycles. The molecule has 1 N–H and O–H groups in total. The summed E-state index contributed by atoms with van der Waals surface area (Å²) in [6.45, 7) is 0.272. The molecule has 5 rings (SSSR count). The second-order valence-electron chi connectivity index (χ2n) is 7.57. The number of phenolic OH excluding ortho intramolecular Hbond substituents is 1. The lowest BCUT2D eigenvalue weighted by Gasteiger charge is -2.25. The van der Waals surface area contributed by atoms with E-state index in [1.54, 1.807) is 35.2 Å². The summed E-state index contributed by atoms with van der Waals surface area (Å²) < 4.78 is 11.2. The summed E-state index contributed by atoms with van der Waals surface area (Å²) >= 11 is 6.11. The van der Waals surface area contributed by atoms with Crippen LogP contribution in [0.4, 0.5) is 0 Å². The highest BCUT2D eigenvalue weighted by Gasteiger charge is 2.43. The third-order valence-corrected chi connectivity index (χ3v) is 5.88. The number of fused-ring (bicyclic) bond motifs is 2. The monoisotopic (exact) mass is 447 g/mol. The maximum atomic E-state index is 13.5. The Labute approximate surface area is 188 Å². The molecule has 0 saturated heterocycles. The van der Waals surface area contributed by atoms with Crippen molar-refractivity contribution in [3.63, 3.8) is 0 Å². The second-order valence-corrected chi connectivity index (χ2v) is 8.00. The van der Waals surface area contributed by atoms with E-state index in [9.17, 15) is 14.7 Å². The number of hydrogen-bond acceptors (Lipinski definition) is 5. The Balaban J connectivity index is 1.75. The van der Waals surface area contributed by atoms with E-state index in [1.165, 1.54) is 13.2 Å². The van der Waals surface area contributed by atoms with Crippen molar-refractivity contribution in [2.75, 3.05) is 7.11 Å². The van der Waals surface area contributed by atoms with E-state index in [0.717, 1.165) is 5.56 Å². The number of amides is 1. The van der Waals surface area contributed by atoms with Gasteiger partial charge in [-0.3, -0.25) is 9.59 Å². The van der Waals surface area contributed by atoms with Gasteiger partial charge in [0.1, 0.15) is 5.58 Å². The fraction of sp³-hybridized carbons (Fsp3) is 0.120. The van der Waals surface area contributed by atoms with Gasteiger partial charge in [-0.05, 0) is 41.5 Å². The van der Waals surface area contributed by atoms with Crippen LogP contribution in [-0.2, 0) is 6.54 Å². The average Bonchev–Trinajstić information content (AvgIpc) is 3.07. The molecule has 1 unspecified atom stereocenters. The molecule has 0 saturated carbocycles. The van der Waals surface area contributed by atoms with Gasteiger partial charge in [0.2, 0.25) is 5.76 Å². The number of phenols is 1. The smallest absolute Gasteiger partial charge is 0.291 e. The number of rotatable bonds is 4. The predicted octanol–water partition coefficient (Wildman–Crippen LogP) is 4.91. The van der Waals surface area contributed by atoms with Crippen LogP contribution >= 0.6 is 11.6 Å². The number of nitrogens with zero attached hydrogens (tertiary/aromatic N) is 1. The van der Waals surface area contributed by atoms with Gasteiger partial charge in [0, 0.05) is 11.6 Å². The zero-order chi connectivity index (χ0) is 22.4. The van der Waals surface area contributed by atoms with E-state index in [1.807, 2.05) is 30.3 Å². The van der Waals surface area contributed by atoms with Crippen LogP contribution in [0.5, 0.6) is 11.5 Å². The lowest BCUT2D eigenvalue weighted by Crippen LogP contribution is -2.29. The number of ether oxygens (including phenoxy) is 1. The molecule has 0 spiro atoms. The van der Waals surface area contributed by atoms with Crippen molar-refractivity contribution in [3.8, 4) is 11.5 Å². The highest BCUT2D eigenvalue weighted by molar-refractivity contribution is 6.31. The van der Waals surface area contributed by atoms with Crippen molar-refractivity contribution < 1.29 is 19.1 Å². The molecule has 0 radical (unpaired) electrons. The Morgan fingerprint density at radius 2 is 1.84 bits per heavy atom. The Bertz CT molecular complexity index is 1410. The molecule has 0 bridgehead atoms. The first-order valence-corrected chi connectivity index (χ1v) is 10.3. The van der Waals surface area contributed by atoms with Crippen LogP contribution in [0.2, 0.25) is 5.02 Å². The molecule has 1 atom stereocenters. The Kier molecular flexibility index (Phi) is 4.87. The number of carbonyl (C=O) groups excluding carboxylic acids is 1. The highest BCUT2D eigenvalue weighted by Crippen LogP contribution is 2.41. The Morgan fingerprint density at radius 1 is 1.06 bits per heavy atom. The molecular weight excluding hydrogens is 430 g/mol. The van der Waals surface area contributed by atoms with E-state index in [-0.39, 0.29) is 40.7 Å². The molecule has 1 amide bonds. The first-order valence-electron chi connectivity index (χ1n) is 9.96. The van der Waals surface area contributed by atoms with Crippen molar-refractivity contribution in [1.82, 2.24) is 4.90 Å². The summed E-state index contributed by atoms with van der Waals surface area (Å²) in [5.74, 6) is -0.156. The maximum Gasteiger partial charge on any atom is 0.291 e. The number of halogens is 1. The van der Waals surface area contributed by atoms with Crippen LogP contribution in [0.15, 0.2) is 75.9 Å². The minimum Gasteiger partial charge on any atom is -0.504 e. The van der Waals surface area contributed by atoms with Gasteiger partial charge in [-0.1, -0.05) is 48.0 Å². The summed E-state index contributed by atoms with van der Waals surface area (Å²) in [5, 5.41) is 10.8. The molecule has 1 aliphatic rings. The lowest BCUT2D eigenvalue weighted by atomic mass is 9.97. The van der Waals surface area contributed by atoms with Crippen molar-refractivity contribution in [2.24, 2.45) is 0 Å². The van der Waals surface area contributed by atoms with Gasteiger partial charge >= 0.3 is 0 Å². The summed E-state index contributed by atoms with van der Waals surface area (Å²) in [5.41, 5.74) is 1.76. The molecule has 1 aliphatic heterocycles. The number of methoxy groups -OCH3 is 1. The first kappa shape index (κ1) is 20.2. The number of aromatic hydroxyl groups is 1. The predicted molar refractivity (Wildman–Crippen MR) is 120 cm³/mol. The molecule has 6 nitrogen and oxygen atoms in total. The third kappa shape index (κ3) is 3.20. The molecule has 3 aromatic carbocycles. The minimum atomic E-state index is -0.716. The van der Waals surface area contributed by atoms with Crippen molar-refractivity contribution in [3.05, 3.63) is 104 Å². The van der Waals surface area contributed by atoms with Crippen LogP contribution < -0.4 is 10.2 Å². The lowest BCUT2D eigenvalue weighted by molar-refractivity contribution is 0.0714. The SMILES string of the molecule is COc1cc(C2c3c(oc4ccc(Cl)cc4c3=O)C(=O)N2Cc2ccccc2)ccc1O. The van der Waals surface area contributed by atoms with Gasteiger partial charge in [-0.25, -0.2) is 0 Å². The van der Waals surface area contributed by atoms with Gasteiger partial charge in [0.05, 0.1) is 24.1 Å². The van der Waals surface area contributed by atoms with Crippen LogP contribution in [0.25, 0.3) is 11.0 Å². The second kappa shape index (κ2) is 7.73. The van der Waals surface area contributed by atoms with Crippen LogP contribution in [0.3, 0.4) is 0 Å². The summed E-state index contributed by atoms with van der Waals surface area (Å²) in [6.07, 6.45) is 0. The fourth-order valence-electron chi connectivity index (χ4n) is 4.15. The first-order chi connectivity index (χ1) is 15.5. The van der Waals surface area contributed by atoms with Gasteiger partial charge in [0.25, 0.3) is 5.91 Å². The largest absolute Gasteiger partial charge is 0.504 e. The molecule has 0 fully saturated rings. The molecule has 1 aromatic heterocycles. The van der Waals surface area contributed by atoms with Crippen LogP contribution in [-0.4, -0.2) is 23.0 Å². The van der Waals surface area contributed by atoms with Crippen molar-refractivity contribution in [1.29, 1.82) is 0 Å². The van der Waals surface area contributed by atoms with E-state index < -0.39 is 6.04 Å². The van der Waals surface area contributed by atoms with Gasteiger partial charge in [0.15, 0.2) is 16.9 Å². The van der Waals surface area contributed by atoms with E-state index in [0.29, 0.717) is 21.6 Å². The van der Waals surface area contributed by atoms with Gasteiger partial charge in [-0.2, -0.15) is 0 Å². The standard InChI is InChI=1S/C25H18ClNO5/c1-31-20-11-15(7-9-18(20)28)22-21-23(29)17-12-16(26)8-10-19(17)32-24(21)25(30)27(22)13-14-5-3-2-4-6-14/h2-12,22,28H,13H2,1H3. The van der Waals surface area contributed by atoms with Crippen LogP contribution in [0, 0.1) is 0 Å². The summed E-state index contributed by atoms with van der Waals surface area (Å²) in [4.78, 5) is 28.6. The van der Waals surface area contributed by atoms with Crippen molar-refractivity contribution >= 4 is 28.5 Å². The van der Waals surface area contributed by atoms with Crippen LogP contribution in [0.1, 0.15) is 33.3 Å². The number of benzene rings is 3. The van der Waals surface area contributed by atoms with E-state index >= 15 is 0 Å². The quantitative estimate of drug-likeness (QED) is 0.481. The van der Waals surface area contributed by atoms with E-state index in [4.69, 9.17) is 20.8 Å². The Morgan fingerprint density at radius 3 is 2.59 bits per heavy atom. The molecule has 4 aromatic rings. The summed E-state index contributed by atoms with van der Waals surface area (Å²) in [6, 6.07) is 18.3.